The Labute approximate surface area is 197 Å². The van der Waals surface area contributed by atoms with Gasteiger partial charge in [0.15, 0.2) is 5.82 Å². The molecule has 0 bridgehead atoms. The number of nitro benzene ring substituents is 1. The number of nitrogens with one attached hydrogen (secondary N) is 1. The summed E-state index contributed by atoms with van der Waals surface area (Å²) < 4.78 is 16.7. The number of hydrogen-bond acceptors (Lipinski definition) is 8. The first-order valence-electron chi connectivity index (χ1n) is 10.4. The van der Waals surface area contributed by atoms with E-state index in [4.69, 9.17) is 5.73 Å². The number of nitro groups is 1. The quantitative estimate of drug-likeness (QED) is 0.380. The second-order valence-electron chi connectivity index (χ2n) is 7.82. The van der Waals surface area contributed by atoms with Gasteiger partial charge >= 0.3 is 0 Å². The second-order valence-corrected chi connectivity index (χ2v) is 8.82. The summed E-state index contributed by atoms with van der Waals surface area (Å²) in [5.41, 5.74) is 5.11. The average molecular weight is 486 g/mol. The maximum atomic E-state index is 15.3. The van der Waals surface area contributed by atoms with Gasteiger partial charge in [0.05, 0.1) is 21.7 Å². The fourth-order valence-electron chi connectivity index (χ4n) is 4.01. The zero-order chi connectivity index (χ0) is 24.4. The highest BCUT2D eigenvalue weighted by Crippen LogP contribution is 2.38. The third-order valence-electron chi connectivity index (χ3n) is 5.66. The number of nitrogens with two attached hydrogens (primary N) is 1. The van der Waals surface area contributed by atoms with Crippen molar-refractivity contribution in [3.63, 3.8) is 0 Å². The maximum Gasteiger partial charge on any atom is 0.270 e. The van der Waals surface area contributed by atoms with Gasteiger partial charge in [-0.1, -0.05) is 18.9 Å². The molecule has 1 heterocycles. The third-order valence-corrected chi connectivity index (χ3v) is 6.77. The first kappa shape index (κ1) is 23.3. The average Bonchev–Trinajstić information content (AvgIpc) is 3.47. The number of tetrazole rings is 1. The first-order valence-corrected chi connectivity index (χ1v) is 11.2. The molecular weight excluding hydrogens is 465 g/mol. The Morgan fingerprint density at radius 1 is 1.26 bits per heavy atom. The number of halogens is 1. The van der Waals surface area contributed by atoms with Crippen LogP contribution >= 0.6 is 11.8 Å². The van der Waals surface area contributed by atoms with E-state index in [0.29, 0.717) is 15.6 Å². The van der Waals surface area contributed by atoms with Gasteiger partial charge in [0.2, 0.25) is 5.16 Å². The molecule has 13 heteroatoms. The van der Waals surface area contributed by atoms with E-state index >= 15 is 4.39 Å². The van der Waals surface area contributed by atoms with E-state index in [0.717, 1.165) is 43.5 Å². The highest BCUT2D eigenvalue weighted by atomic mass is 32.2. The van der Waals surface area contributed by atoms with Crippen molar-refractivity contribution in [2.45, 2.75) is 41.7 Å². The molecule has 2 aromatic carbocycles. The number of amides is 2. The predicted molar refractivity (Wildman–Crippen MR) is 120 cm³/mol. The fraction of sp³-hybridized carbons (Fsp3) is 0.286. The number of non-ortho nitro benzene ring substituents is 1. The number of hydrogen-bond donors (Lipinski definition) is 2. The number of primary amides is 1. The van der Waals surface area contributed by atoms with Crippen LogP contribution in [0.25, 0.3) is 0 Å². The SMILES string of the molecule is Cn1nnnc1Sc1ccc([N+](=O)[O-])cc1C(=O)Nc1ccc(C2CCCC2)c(C(N)=O)c1F. The number of anilines is 1. The molecule has 1 aliphatic carbocycles. The number of rotatable bonds is 7. The smallest absolute Gasteiger partial charge is 0.270 e. The van der Waals surface area contributed by atoms with E-state index in [-0.39, 0.29) is 28.4 Å². The highest BCUT2D eigenvalue weighted by Gasteiger charge is 2.27. The number of benzene rings is 2. The summed E-state index contributed by atoms with van der Waals surface area (Å²) in [5.74, 6) is -2.62. The molecule has 0 radical (unpaired) electrons. The summed E-state index contributed by atoms with van der Waals surface area (Å²) >= 11 is 1.01. The van der Waals surface area contributed by atoms with E-state index in [9.17, 15) is 19.7 Å². The number of aryl methyl sites for hydroxylation is 1. The van der Waals surface area contributed by atoms with Crippen LogP contribution in [-0.4, -0.2) is 36.9 Å². The molecule has 176 valence electrons. The lowest BCUT2D eigenvalue weighted by atomic mass is 9.91. The molecule has 3 N–H and O–H groups in total. The normalized spacial score (nSPS) is 13.7. The number of carbonyl (C=O) groups excluding carboxylic acids is 2. The molecular formula is C21H20FN7O4S. The molecule has 1 fully saturated rings. The number of nitrogens with zero attached hydrogens (tertiary/aromatic N) is 5. The Hall–Kier alpha value is -3.87. The Morgan fingerprint density at radius 3 is 2.62 bits per heavy atom. The van der Waals surface area contributed by atoms with E-state index in [2.05, 4.69) is 20.8 Å². The van der Waals surface area contributed by atoms with E-state index in [1.54, 1.807) is 13.1 Å². The zero-order valence-corrected chi connectivity index (χ0v) is 18.8. The number of aromatic nitrogens is 4. The minimum atomic E-state index is -0.928. The van der Waals surface area contributed by atoms with Gasteiger partial charge in [-0.05, 0) is 58.6 Å². The van der Waals surface area contributed by atoms with Crippen molar-refractivity contribution in [1.29, 1.82) is 0 Å². The van der Waals surface area contributed by atoms with Gasteiger partial charge < -0.3 is 11.1 Å². The van der Waals surface area contributed by atoms with Gasteiger partial charge in [0.1, 0.15) is 0 Å². The summed E-state index contributed by atoms with van der Waals surface area (Å²) in [5, 5.41) is 25.1. The molecule has 1 aromatic heterocycles. The van der Waals surface area contributed by atoms with Gasteiger partial charge in [-0.2, -0.15) is 0 Å². The van der Waals surface area contributed by atoms with Crippen LogP contribution in [0, 0.1) is 15.9 Å². The van der Waals surface area contributed by atoms with Crippen LogP contribution in [0.1, 0.15) is 57.9 Å². The molecule has 1 saturated carbocycles. The lowest BCUT2D eigenvalue weighted by Gasteiger charge is -2.17. The van der Waals surface area contributed by atoms with Crippen molar-refractivity contribution in [2.24, 2.45) is 12.8 Å². The lowest BCUT2D eigenvalue weighted by Crippen LogP contribution is -2.20. The van der Waals surface area contributed by atoms with Crippen LogP contribution in [0.2, 0.25) is 0 Å². The zero-order valence-electron chi connectivity index (χ0n) is 18.0. The topological polar surface area (TPSA) is 159 Å². The van der Waals surface area contributed by atoms with Crippen molar-refractivity contribution in [1.82, 2.24) is 20.2 Å². The molecule has 0 unspecified atom stereocenters. The largest absolute Gasteiger partial charge is 0.365 e. The monoisotopic (exact) mass is 485 g/mol. The predicted octanol–water partition coefficient (Wildman–Crippen LogP) is 3.42. The van der Waals surface area contributed by atoms with Crippen molar-refractivity contribution in [3.05, 3.63) is 63.0 Å². The minimum Gasteiger partial charge on any atom is -0.365 e. The Bertz CT molecular complexity index is 1290. The van der Waals surface area contributed by atoms with Gasteiger partial charge in [-0.25, -0.2) is 9.07 Å². The molecule has 1 aliphatic rings. The highest BCUT2D eigenvalue weighted by molar-refractivity contribution is 7.99. The van der Waals surface area contributed by atoms with Gasteiger partial charge in [-0.15, -0.1) is 5.10 Å². The molecule has 0 atom stereocenters. The second kappa shape index (κ2) is 9.55. The van der Waals surface area contributed by atoms with Crippen LogP contribution in [0.5, 0.6) is 0 Å². The molecule has 4 rings (SSSR count). The van der Waals surface area contributed by atoms with Crippen molar-refractivity contribution < 1.29 is 18.9 Å². The maximum absolute atomic E-state index is 15.3. The Balaban J connectivity index is 1.70. The van der Waals surface area contributed by atoms with Gasteiger partial charge in [-0.3, -0.25) is 19.7 Å². The fourth-order valence-corrected chi connectivity index (χ4v) is 4.85. The molecule has 3 aromatic rings. The first-order chi connectivity index (χ1) is 16.3. The molecule has 0 saturated heterocycles. The van der Waals surface area contributed by atoms with Crippen LogP contribution in [0.15, 0.2) is 40.4 Å². The standard InChI is InChI=1S/C21H20FN7O4S/c1-28-21(25-26-27-28)34-16-9-6-12(29(32)33)10-14(16)20(31)24-15-8-7-13(11-4-2-3-5-11)17(18(15)22)19(23)30/h6-11H,2-5H2,1H3,(H2,23,30)(H,24,31). The van der Waals surface area contributed by atoms with Crippen molar-refractivity contribution >= 4 is 35.0 Å². The molecule has 0 spiro atoms. The van der Waals surface area contributed by atoms with E-state index < -0.39 is 22.6 Å². The Kier molecular flexibility index (Phi) is 6.54. The molecule has 2 amide bonds. The van der Waals surface area contributed by atoms with Crippen molar-refractivity contribution in [3.8, 4) is 0 Å². The van der Waals surface area contributed by atoms with Gasteiger partial charge in [0.25, 0.3) is 17.5 Å². The molecule has 34 heavy (non-hydrogen) atoms. The van der Waals surface area contributed by atoms with Crippen LogP contribution in [0.3, 0.4) is 0 Å². The lowest BCUT2D eigenvalue weighted by molar-refractivity contribution is -0.384. The van der Waals surface area contributed by atoms with E-state index in [1.165, 1.54) is 22.9 Å². The van der Waals surface area contributed by atoms with E-state index in [1.807, 2.05) is 0 Å². The molecule has 11 nitrogen and oxygen atoms in total. The summed E-state index contributed by atoms with van der Waals surface area (Å²) in [6.45, 7) is 0. The minimum absolute atomic E-state index is 0.0292. The van der Waals surface area contributed by atoms with Gasteiger partial charge in [0, 0.05) is 24.1 Å². The van der Waals surface area contributed by atoms with Crippen molar-refractivity contribution in [2.75, 3.05) is 5.32 Å². The number of carbonyl (C=O) groups is 2. The summed E-state index contributed by atoms with van der Waals surface area (Å²) in [6.07, 6.45) is 3.63. The van der Waals surface area contributed by atoms with Crippen LogP contribution in [-0.2, 0) is 7.05 Å². The summed E-state index contributed by atoms with van der Waals surface area (Å²) in [6, 6.07) is 6.69. The molecule has 0 aliphatic heterocycles. The summed E-state index contributed by atoms with van der Waals surface area (Å²) in [4.78, 5) is 36.1. The third kappa shape index (κ3) is 4.59. The van der Waals surface area contributed by atoms with Crippen LogP contribution < -0.4 is 11.1 Å². The Morgan fingerprint density at radius 2 is 2.00 bits per heavy atom. The summed E-state index contributed by atoms with van der Waals surface area (Å²) in [7, 11) is 1.60. The van der Waals surface area contributed by atoms with Crippen LogP contribution in [0.4, 0.5) is 15.8 Å².